The van der Waals surface area contributed by atoms with Crippen molar-refractivity contribution in [3.05, 3.63) is 95.1 Å². The van der Waals surface area contributed by atoms with Crippen molar-refractivity contribution in [2.75, 3.05) is 19.6 Å². The number of amides is 1. The number of nitriles is 1. The van der Waals surface area contributed by atoms with Gasteiger partial charge in [0.1, 0.15) is 0 Å². The zero-order chi connectivity index (χ0) is 28.4. The van der Waals surface area contributed by atoms with Gasteiger partial charge in [0.15, 0.2) is 0 Å². The Morgan fingerprint density at radius 2 is 1.67 bits per heavy atom. The van der Waals surface area contributed by atoms with Crippen molar-refractivity contribution >= 4 is 11.9 Å². The number of nitrogens with zero attached hydrogens (tertiary/aromatic N) is 2. The molecule has 4 rings (SSSR count). The predicted molar refractivity (Wildman–Crippen MR) is 141 cm³/mol. The van der Waals surface area contributed by atoms with E-state index in [4.69, 9.17) is 15.2 Å². The first-order valence-electron chi connectivity index (χ1n) is 12.3. The largest absolute Gasteiger partial charge is 0.490 e. The summed E-state index contributed by atoms with van der Waals surface area (Å²) < 4.78 is 31.7. The van der Waals surface area contributed by atoms with Crippen LogP contribution in [-0.4, -0.2) is 53.7 Å². The average Bonchev–Trinajstić information content (AvgIpc) is 2.92. The Bertz CT molecular complexity index is 1340. The molecule has 0 aliphatic carbocycles. The Morgan fingerprint density at radius 3 is 2.28 bits per heavy atom. The second-order valence-corrected chi connectivity index (χ2v) is 9.17. The number of carbonyl (C=O) groups excluding carboxylic acids is 1. The Labute approximate surface area is 224 Å². The molecule has 3 aromatic carbocycles. The summed E-state index contributed by atoms with van der Waals surface area (Å²) in [5, 5.41) is 22.6. The Kier molecular flexibility index (Phi) is 10.2. The second-order valence-electron chi connectivity index (χ2n) is 9.17. The minimum absolute atomic E-state index is 0.181. The van der Waals surface area contributed by atoms with E-state index in [9.17, 15) is 18.0 Å². The molecule has 1 aliphatic rings. The van der Waals surface area contributed by atoms with E-state index in [0.29, 0.717) is 23.7 Å². The highest BCUT2D eigenvalue weighted by atomic mass is 19.4. The van der Waals surface area contributed by atoms with E-state index >= 15 is 0 Å². The highest BCUT2D eigenvalue weighted by molar-refractivity contribution is 5.94. The maximum absolute atomic E-state index is 12.5. The van der Waals surface area contributed by atoms with E-state index in [1.54, 1.807) is 24.3 Å². The average molecular weight is 539 g/mol. The van der Waals surface area contributed by atoms with Gasteiger partial charge in [-0.1, -0.05) is 42.5 Å². The molecule has 1 amide bonds. The summed E-state index contributed by atoms with van der Waals surface area (Å²) >= 11 is 0. The van der Waals surface area contributed by atoms with Crippen LogP contribution in [-0.2, 0) is 17.9 Å². The third-order valence-corrected chi connectivity index (χ3v) is 6.00. The van der Waals surface area contributed by atoms with Crippen LogP contribution in [0.25, 0.3) is 11.1 Å². The molecule has 7 nitrogen and oxygen atoms in total. The molecular weight excluding hydrogens is 509 g/mol. The molecule has 3 aromatic rings. The van der Waals surface area contributed by atoms with Gasteiger partial charge in [0.05, 0.1) is 11.6 Å². The lowest BCUT2D eigenvalue weighted by atomic mass is 10.0. The maximum atomic E-state index is 12.5. The number of halogens is 3. The molecule has 1 aliphatic heterocycles. The van der Waals surface area contributed by atoms with Crippen LogP contribution in [0.5, 0.6) is 0 Å². The molecule has 3 N–H and O–H groups in total. The molecule has 1 fully saturated rings. The van der Waals surface area contributed by atoms with Crippen molar-refractivity contribution in [3.8, 4) is 17.2 Å². The minimum atomic E-state index is -5.08. The van der Waals surface area contributed by atoms with Crippen molar-refractivity contribution in [1.82, 2.24) is 15.5 Å². The number of hydrogen-bond donors (Lipinski definition) is 3. The van der Waals surface area contributed by atoms with Crippen LogP contribution in [0.4, 0.5) is 13.2 Å². The van der Waals surface area contributed by atoms with Gasteiger partial charge in [-0.15, -0.1) is 0 Å². The van der Waals surface area contributed by atoms with Crippen LogP contribution in [0, 0.1) is 11.3 Å². The predicted octanol–water partition coefficient (Wildman–Crippen LogP) is 4.58. The summed E-state index contributed by atoms with van der Waals surface area (Å²) in [6.45, 7) is 6.79. The highest BCUT2D eigenvalue weighted by Crippen LogP contribution is 2.23. The van der Waals surface area contributed by atoms with E-state index in [2.05, 4.69) is 64.9 Å². The summed E-state index contributed by atoms with van der Waals surface area (Å²) in [5.74, 6) is -2.94. The number of carboxylic acid groups (broad SMARTS) is 1. The molecule has 0 aromatic heterocycles. The van der Waals surface area contributed by atoms with Crippen LogP contribution in [0.2, 0.25) is 0 Å². The van der Waals surface area contributed by atoms with Crippen LogP contribution in [0.15, 0.2) is 72.8 Å². The van der Waals surface area contributed by atoms with Crippen molar-refractivity contribution in [1.29, 1.82) is 5.26 Å². The van der Waals surface area contributed by atoms with E-state index in [-0.39, 0.29) is 5.91 Å². The Morgan fingerprint density at radius 1 is 1.05 bits per heavy atom. The molecule has 39 heavy (non-hydrogen) atoms. The lowest BCUT2D eigenvalue weighted by molar-refractivity contribution is -0.192. The first-order valence-corrected chi connectivity index (χ1v) is 12.3. The lowest BCUT2D eigenvalue weighted by Crippen LogP contribution is -2.48. The molecule has 1 atom stereocenters. The molecule has 0 spiro atoms. The monoisotopic (exact) mass is 538 g/mol. The molecule has 0 radical (unpaired) electrons. The van der Waals surface area contributed by atoms with Gasteiger partial charge in [-0.2, -0.15) is 18.4 Å². The van der Waals surface area contributed by atoms with E-state index in [0.717, 1.165) is 37.3 Å². The molecule has 0 bridgehead atoms. The molecular formula is C29H29F3N4O3. The van der Waals surface area contributed by atoms with Gasteiger partial charge in [-0.25, -0.2) is 4.79 Å². The van der Waals surface area contributed by atoms with E-state index < -0.39 is 12.1 Å². The number of carboxylic acids is 1. The fraction of sp³-hybridized carbons (Fsp3) is 0.276. The molecule has 0 saturated carbocycles. The zero-order valence-electron chi connectivity index (χ0n) is 21.3. The summed E-state index contributed by atoms with van der Waals surface area (Å²) in [7, 11) is 0. The van der Waals surface area contributed by atoms with Crippen LogP contribution >= 0.6 is 0 Å². The Balaban J connectivity index is 0.000000532. The first kappa shape index (κ1) is 29.4. The van der Waals surface area contributed by atoms with Crippen LogP contribution in [0.1, 0.15) is 34.0 Å². The van der Waals surface area contributed by atoms with E-state index in [1.807, 2.05) is 12.1 Å². The standard InChI is InChI=1S/C27H28N4O.C2HF3O2/c1-20-18-31(12-11-29-20)19-23-7-4-9-25(15-23)24-8-3-6-22(14-24)17-30-27(32)26-10-2-5-21(13-26)16-28;3-2(4,5)1(6)7/h2-10,13-15,20,29H,11-12,17-19H2,1H3,(H,30,32);(H,6,7)/t20-;/m0./s1. The molecule has 10 heteroatoms. The number of nitrogens with one attached hydrogen (secondary N) is 2. The third-order valence-electron chi connectivity index (χ3n) is 6.00. The summed E-state index contributed by atoms with van der Waals surface area (Å²) in [5.41, 5.74) is 5.64. The van der Waals surface area contributed by atoms with Crippen molar-refractivity contribution in [2.24, 2.45) is 0 Å². The third kappa shape index (κ3) is 9.25. The summed E-state index contributed by atoms with van der Waals surface area (Å²) in [4.78, 5) is 23.9. The Hall–Kier alpha value is -4.20. The van der Waals surface area contributed by atoms with Crippen LogP contribution in [0.3, 0.4) is 0 Å². The number of carbonyl (C=O) groups is 2. The quantitative estimate of drug-likeness (QED) is 0.424. The summed E-state index contributed by atoms with van der Waals surface area (Å²) in [6, 6.07) is 26.3. The first-order chi connectivity index (χ1) is 18.5. The molecule has 204 valence electrons. The molecule has 1 saturated heterocycles. The molecule has 1 heterocycles. The zero-order valence-corrected chi connectivity index (χ0v) is 21.3. The number of hydrogen-bond acceptors (Lipinski definition) is 5. The van der Waals surface area contributed by atoms with Crippen molar-refractivity contribution < 1.29 is 27.9 Å². The highest BCUT2D eigenvalue weighted by Gasteiger charge is 2.38. The fourth-order valence-electron chi connectivity index (χ4n) is 4.14. The van der Waals surface area contributed by atoms with Gasteiger partial charge in [0.2, 0.25) is 0 Å². The van der Waals surface area contributed by atoms with Gasteiger partial charge in [-0.3, -0.25) is 9.69 Å². The lowest BCUT2D eigenvalue weighted by Gasteiger charge is -2.31. The smallest absolute Gasteiger partial charge is 0.475 e. The van der Waals surface area contributed by atoms with Gasteiger partial charge in [0.25, 0.3) is 5.91 Å². The van der Waals surface area contributed by atoms with Gasteiger partial charge in [0, 0.05) is 44.3 Å². The summed E-state index contributed by atoms with van der Waals surface area (Å²) in [6.07, 6.45) is -5.08. The fourth-order valence-corrected chi connectivity index (χ4v) is 4.14. The topological polar surface area (TPSA) is 105 Å². The number of alkyl halides is 3. The van der Waals surface area contributed by atoms with E-state index in [1.165, 1.54) is 11.1 Å². The normalized spacial score (nSPS) is 15.4. The number of piperazine rings is 1. The SMILES string of the molecule is C[C@H]1CN(Cc2cccc(-c3cccc(CNC(=O)c4cccc(C#N)c4)c3)c2)CCN1.O=C(O)C(F)(F)F. The van der Waals surface area contributed by atoms with Crippen molar-refractivity contribution in [2.45, 2.75) is 32.2 Å². The van der Waals surface area contributed by atoms with Gasteiger partial charge >= 0.3 is 12.1 Å². The van der Waals surface area contributed by atoms with Gasteiger partial charge in [-0.05, 0) is 59.5 Å². The minimum Gasteiger partial charge on any atom is -0.475 e. The van der Waals surface area contributed by atoms with Gasteiger partial charge < -0.3 is 15.7 Å². The number of benzene rings is 3. The number of rotatable bonds is 6. The molecule has 0 unspecified atom stereocenters. The second kappa shape index (κ2) is 13.6. The number of aliphatic carboxylic acids is 1. The maximum Gasteiger partial charge on any atom is 0.490 e. The van der Waals surface area contributed by atoms with Crippen LogP contribution < -0.4 is 10.6 Å². The van der Waals surface area contributed by atoms with Crippen molar-refractivity contribution in [3.63, 3.8) is 0 Å².